The van der Waals surface area contributed by atoms with Gasteiger partial charge < -0.3 is 19.1 Å². The first-order valence-electron chi connectivity index (χ1n) is 30.9. The summed E-state index contributed by atoms with van der Waals surface area (Å²) in [5, 5.41) is 0. The number of ether oxygens (including phenoxy) is 13. The van der Waals surface area contributed by atoms with Crippen LogP contribution in [0.2, 0.25) is 0 Å². The summed E-state index contributed by atoms with van der Waals surface area (Å²) in [4.78, 5) is 56.1. The summed E-state index contributed by atoms with van der Waals surface area (Å²) in [5.74, 6) is -5.48. The van der Waals surface area contributed by atoms with Crippen LogP contribution in [0, 0.1) is 23.7 Å². The van der Waals surface area contributed by atoms with Crippen LogP contribution in [0.1, 0.15) is 111 Å². The third-order valence-corrected chi connectivity index (χ3v) is 20.4. The molecule has 0 N–H and O–H groups in total. The topological polar surface area (TPSA) is 226 Å². The fourth-order valence-electron chi connectivity index (χ4n) is 12.2. The number of carbonyl (C=O) groups excluding carboxylic acids is 4. The summed E-state index contributed by atoms with van der Waals surface area (Å²) in [6.45, 7) is 19.6. The van der Waals surface area contributed by atoms with E-state index < -0.39 is 109 Å². The Kier molecular flexibility index (Phi) is 27.2. The number of rotatable bonds is 30. The molecule has 0 spiro atoms. The summed E-state index contributed by atoms with van der Waals surface area (Å²) in [6.07, 6.45) is -7.98. The van der Waals surface area contributed by atoms with Crippen molar-refractivity contribution in [3.63, 3.8) is 0 Å². The van der Waals surface area contributed by atoms with Crippen LogP contribution in [0.4, 0.5) is 4.79 Å². The van der Waals surface area contributed by atoms with Crippen LogP contribution in [0.3, 0.4) is 0 Å². The van der Waals surface area contributed by atoms with Crippen molar-refractivity contribution < 1.29 is 90.2 Å². The van der Waals surface area contributed by atoms with Gasteiger partial charge in [0.05, 0.1) is 20.8 Å². The van der Waals surface area contributed by atoms with Gasteiger partial charge in [0.1, 0.15) is 12.4 Å². The second-order valence-corrected chi connectivity index (χ2v) is 26.9. The van der Waals surface area contributed by atoms with Crippen LogP contribution in [0.25, 0.3) is 0 Å². The molecule has 3 aromatic rings. The fraction of sp³-hybridized carbons (Fsp3) is 0.645. The average Bonchev–Trinajstić information content (AvgIpc) is 1.17. The van der Waals surface area contributed by atoms with Crippen molar-refractivity contribution in [1.82, 2.24) is 4.90 Å². The predicted octanol–water partition coefficient (Wildman–Crippen LogP) is 7.62. The van der Waals surface area contributed by atoms with E-state index >= 15 is 0 Å². The SMILES string of the molecule is CC[C@H](C)C1O[C@H](O[C@H]2C([C@H]3COC(C)(C)O3)O[C@@](OCCc3ccc(CCN(Cc4ccccc4)C(=O)OCc4ccccc4)cc3OC)(C(=O)OC)C[C@H]2C)C(OC(C)=O)[C@@H](O[C@H]2O[C@@H]([C@@H](C)CC)[C@@H](PBB=O)C(C)C2OC(C)=O)[C@@H]1PBB=O. The molecule has 19 atom stereocenters. The van der Waals surface area contributed by atoms with E-state index in [1.54, 1.807) is 25.9 Å². The molecule has 0 aliphatic carbocycles. The van der Waals surface area contributed by atoms with E-state index in [1.807, 2.05) is 107 Å². The van der Waals surface area contributed by atoms with Gasteiger partial charge in [0, 0.05) is 13.1 Å². The molecule has 20 nitrogen and oxygen atoms in total. The molecule has 1 amide bonds. The second kappa shape index (κ2) is 33.7. The van der Waals surface area contributed by atoms with Crippen molar-refractivity contribution >= 4 is 68.8 Å². The Balaban J connectivity index is 1.16. The number of amides is 1. The molecule has 0 bridgehead atoms. The molecular formula is C62H89B4NO19P2. The van der Waals surface area contributed by atoms with Gasteiger partial charge in [0.25, 0.3) is 0 Å². The molecule has 4 heterocycles. The monoisotopic (exact) mass is 1260 g/mol. The zero-order valence-electron chi connectivity index (χ0n) is 53.1. The minimum atomic E-state index is -1.98. The Morgan fingerprint density at radius 2 is 1.33 bits per heavy atom. The number of carbonyl (C=O) groups is 4. The van der Waals surface area contributed by atoms with E-state index in [0.717, 1.165) is 42.8 Å². The first-order valence-corrected chi connectivity index (χ1v) is 33.4. The summed E-state index contributed by atoms with van der Waals surface area (Å²) in [5.41, 5.74) is 2.87. The van der Waals surface area contributed by atoms with Gasteiger partial charge in [-0.2, -0.15) is 0 Å². The number of methoxy groups -OCH3 is 2. The first kappa shape index (κ1) is 71.0. The van der Waals surface area contributed by atoms with Crippen molar-refractivity contribution in [2.24, 2.45) is 23.7 Å². The fourth-order valence-corrected chi connectivity index (χ4v) is 15.3. The zero-order valence-corrected chi connectivity index (χ0v) is 55.1. The molecule has 7 rings (SSSR count). The standard InChI is InChI=1S/C62H89B4NO19P2/c1-13-36(3)49-55(87-65-63-72)39(6)51(79-40(7)68)57(82-49)84-53-54(80-41(8)69)58(83-50(37(4)14-2)56(53)88-66-64-73)81-48-38(5)32-62(59(70)75-12,86-52(48)47-35-78-61(9,10)85-47)77-30-28-45-26-25-42(31-46(45)74-11)27-29-67(33-43-21-17-15-18-22-43)60(71)76-34-44-23-19-16-20-24-44/h15-26,31,36-39,47-58,65-66,87-88H,13-14,27-30,32-35H2,1-12H3/t36-,37-,38+,39?,47+,48+,49-,50?,51?,52?,53+,54?,55-,56+,57+,58-,62+/m0/s1. The molecule has 478 valence electrons. The minimum absolute atomic E-state index is 0.0175. The molecule has 4 aliphatic heterocycles. The van der Waals surface area contributed by atoms with E-state index in [9.17, 15) is 28.6 Å². The first-order chi connectivity index (χ1) is 42.2. The van der Waals surface area contributed by atoms with Crippen LogP contribution >= 0.6 is 16.9 Å². The molecule has 0 saturated carbocycles. The van der Waals surface area contributed by atoms with Crippen LogP contribution in [0.5, 0.6) is 5.75 Å². The third kappa shape index (κ3) is 18.6. The molecule has 4 fully saturated rings. The summed E-state index contributed by atoms with van der Waals surface area (Å²) in [6, 6.07) is 25.1. The van der Waals surface area contributed by atoms with Gasteiger partial charge in [-0.05, 0) is 55.0 Å². The van der Waals surface area contributed by atoms with Crippen molar-refractivity contribution in [3.05, 3.63) is 101 Å². The van der Waals surface area contributed by atoms with Crippen molar-refractivity contribution in [3.8, 4) is 5.75 Å². The van der Waals surface area contributed by atoms with Gasteiger partial charge in [-0.25, -0.2) is 9.59 Å². The van der Waals surface area contributed by atoms with Gasteiger partial charge in [0.2, 0.25) is 0 Å². The molecule has 4 saturated heterocycles. The number of hydrogen-bond donors (Lipinski definition) is 0. The maximum absolute atomic E-state index is 14.4. The molecule has 88 heavy (non-hydrogen) atoms. The Bertz CT molecular complexity index is 2750. The van der Waals surface area contributed by atoms with Crippen LogP contribution in [0.15, 0.2) is 78.9 Å². The third-order valence-electron chi connectivity index (χ3n) is 17.2. The summed E-state index contributed by atoms with van der Waals surface area (Å²) < 4.78 is 108. The number of esters is 3. The molecule has 3 aromatic carbocycles. The molecule has 0 aromatic heterocycles. The van der Waals surface area contributed by atoms with Gasteiger partial charge in [0.15, 0.2) is 0 Å². The Morgan fingerprint density at radius 1 is 0.739 bits per heavy atom. The van der Waals surface area contributed by atoms with Crippen molar-refractivity contribution in [2.45, 2.75) is 199 Å². The van der Waals surface area contributed by atoms with E-state index in [4.69, 9.17) is 61.6 Å². The molecule has 4 aliphatic rings. The average molecular weight is 1260 g/mol. The van der Waals surface area contributed by atoms with E-state index in [-0.39, 0.29) is 79.9 Å². The van der Waals surface area contributed by atoms with Gasteiger partial charge in [-0.1, -0.05) is 72.8 Å². The Morgan fingerprint density at radius 3 is 1.91 bits per heavy atom. The van der Waals surface area contributed by atoms with Gasteiger partial charge >= 0.3 is 324 Å². The molecule has 26 heteroatoms. The number of benzene rings is 3. The molecular weight excluding hydrogens is 1170 g/mol. The Labute approximate surface area is 524 Å². The van der Waals surface area contributed by atoms with E-state index in [2.05, 4.69) is 13.8 Å². The quantitative estimate of drug-likeness (QED) is 0.0271. The second-order valence-electron chi connectivity index (χ2n) is 23.9. The van der Waals surface area contributed by atoms with Crippen molar-refractivity contribution in [2.75, 3.05) is 34.0 Å². The van der Waals surface area contributed by atoms with Crippen LogP contribution in [-0.2, 0) is 107 Å². The van der Waals surface area contributed by atoms with Crippen molar-refractivity contribution in [1.29, 1.82) is 0 Å². The zero-order chi connectivity index (χ0) is 63.7. The van der Waals surface area contributed by atoms with E-state index in [0.29, 0.717) is 38.6 Å². The number of hydrogen-bond acceptors (Lipinski definition) is 19. The maximum atomic E-state index is 14.4. The number of nitrogens with zero attached hydrogens (tertiary/aromatic N) is 1. The van der Waals surface area contributed by atoms with Gasteiger partial charge in [-0.15, -0.1) is 0 Å². The van der Waals surface area contributed by atoms with Gasteiger partial charge in [-0.3, -0.25) is 0 Å². The molecule has 0 radical (unpaired) electrons. The normalized spacial score (nSPS) is 30.1. The Hall–Kier alpha value is -4.46. The van der Waals surface area contributed by atoms with Crippen LogP contribution < -0.4 is 4.74 Å². The summed E-state index contributed by atoms with van der Waals surface area (Å²) in [7, 11) is 4.70. The molecule has 7 unspecified atom stereocenters. The predicted molar refractivity (Wildman–Crippen MR) is 336 cm³/mol. The van der Waals surface area contributed by atoms with Crippen LogP contribution in [-0.4, -0.2) is 175 Å². The summed E-state index contributed by atoms with van der Waals surface area (Å²) >= 11 is 0. The van der Waals surface area contributed by atoms with E-state index in [1.165, 1.54) is 21.0 Å².